The fourth-order valence-corrected chi connectivity index (χ4v) is 2.27. The molecular formula is C20H26N2O2. The largest absolute Gasteiger partial charge is 0.494 e. The summed E-state index contributed by atoms with van der Waals surface area (Å²) in [5, 5.41) is 2.89. The third-order valence-corrected chi connectivity index (χ3v) is 3.75. The lowest BCUT2D eigenvalue weighted by molar-refractivity contribution is -0.121. The molecule has 0 saturated heterocycles. The van der Waals surface area contributed by atoms with Crippen LogP contribution < -0.4 is 10.1 Å². The Labute approximate surface area is 144 Å². The lowest BCUT2D eigenvalue weighted by atomic mass is 9.87. The van der Waals surface area contributed by atoms with Crippen molar-refractivity contribution in [1.82, 2.24) is 10.3 Å². The number of amides is 1. The molecule has 0 aliphatic heterocycles. The molecule has 0 atom stereocenters. The number of nitrogens with zero attached hydrogens (tertiary/aromatic N) is 1. The number of carbonyl (C=O) groups is 1. The van der Waals surface area contributed by atoms with Gasteiger partial charge in [0.15, 0.2) is 0 Å². The van der Waals surface area contributed by atoms with Crippen molar-refractivity contribution in [2.24, 2.45) is 0 Å². The SMILES string of the molecule is CC(C)(C)c1ccc(OCCCC(=O)NCc2cccnc2)cc1. The number of carbonyl (C=O) groups excluding carboxylic acids is 1. The third-order valence-electron chi connectivity index (χ3n) is 3.75. The van der Waals surface area contributed by atoms with Crippen molar-refractivity contribution >= 4 is 5.91 Å². The summed E-state index contributed by atoms with van der Waals surface area (Å²) in [6, 6.07) is 12.0. The summed E-state index contributed by atoms with van der Waals surface area (Å²) in [5.74, 6) is 0.879. The highest BCUT2D eigenvalue weighted by atomic mass is 16.5. The molecule has 1 aromatic heterocycles. The molecule has 2 aromatic rings. The van der Waals surface area contributed by atoms with E-state index in [1.54, 1.807) is 12.4 Å². The Hall–Kier alpha value is -2.36. The van der Waals surface area contributed by atoms with Gasteiger partial charge < -0.3 is 10.1 Å². The minimum atomic E-state index is 0.0329. The van der Waals surface area contributed by atoms with Gasteiger partial charge in [0.2, 0.25) is 5.91 Å². The standard InChI is InChI=1S/C20H26N2O2/c1-20(2,3)17-8-10-18(11-9-17)24-13-5-7-19(23)22-15-16-6-4-12-21-14-16/h4,6,8-12,14H,5,7,13,15H2,1-3H3,(H,22,23). The Bertz CT molecular complexity index is 631. The normalized spacial score (nSPS) is 11.1. The lowest BCUT2D eigenvalue weighted by Crippen LogP contribution is -2.23. The number of ether oxygens (including phenoxy) is 1. The third kappa shape index (κ3) is 6.03. The second-order valence-corrected chi connectivity index (χ2v) is 6.86. The Balaban J connectivity index is 1.64. The molecule has 24 heavy (non-hydrogen) atoms. The average Bonchev–Trinajstić information content (AvgIpc) is 2.57. The van der Waals surface area contributed by atoms with E-state index < -0.39 is 0 Å². The van der Waals surface area contributed by atoms with E-state index in [2.05, 4.69) is 43.2 Å². The first-order chi connectivity index (χ1) is 11.4. The van der Waals surface area contributed by atoms with E-state index in [1.807, 2.05) is 24.3 Å². The molecule has 0 spiro atoms. The van der Waals surface area contributed by atoms with E-state index in [4.69, 9.17) is 4.74 Å². The number of rotatable bonds is 7. The quantitative estimate of drug-likeness (QED) is 0.786. The van der Waals surface area contributed by atoms with Crippen molar-refractivity contribution in [2.45, 2.75) is 45.6 Å². The van der Waals surface area contributed by atoms with Gasteiger partial charge in [-0.25, -0.2) is 0 Å². The monoisotopic (exact) mass is 326 g/mol. The van der Waals surface area contributed by atoms with Crippen LogP contribution in [0, 0.1) is 0 Å². The van der Waals surface area contributed by atoms with Gasteiger partial charge in [0, 0.05) is 25.4 Å². The minimum absolute atomic E-state index is 0.0329. The molecule has 1 N–H and O–H groups in total. The lowest BCUT2D eigenvalue weighted by Gasteiger charge is -2.19. The number of hydrogen-bond acceptors (Lipinski definition) is 3. The second-order valence-electron chi connectivity index (χ2n) is 6.86. The van der Waals surface area contributed by atoms with E-state index in [0.717, 1.165) is 11.3 Å². The van der Waals surface area contributed by atoms with Crippen LogP contribution in [0.3, 0.4) is 0 Å². The molecule has 0 unspecified atom stereocenters. The van der Waals surface area contributed by atoms with Gasteiger partial charge in [0.1, 0.15) is 5.75 Å². The fraction of sp³-hybridized carbons (Fsp3) is 0.400. The average molecular weight is 326 g/mol. The summed E-state index contributed by atoms with van der Waals surface area (Å²) in [6.07, 6.45) is 4.63. The zero-order valence-corrected chi connectivity index (χ0v) is 14.7. The molecule has 4 heteroatoms. The molecule has 1 amide bonds. The molecule has 0 aliphatic carbocycles. The van der Waals surface area contributed by atoms with Crippen molar-refractivity contribution in [3.63, 3.8) is 0 Å². The van der Waals surface area contributed by atoms with Crippen LogP contribution in [0.25, 0.3) is 0 Å². The number of nitrogens with one attached hydrogen (secondary N) is 1. The van der Waals surface area contributed by atoms with Gasteiger partial charge in [-0.3, -0.25) is 9.78 Å². The Morgan fingerprint density at radius 2 is 1.92 bits per heavy atom. The molecule has 1 aromatic carbocycles. The summed E-state index contributed by atoms with van der Waals surface area (Å²) in [6.45, 7) is 7.62. The predicted molar refractivity (Wildman–Crippen MR) is 96.0 cm³/mol. The van der Waals surface area contributed by atoms with Crippen molar-refractivity contribution in [2.75, 3.05) is 6.61 Å². The van der Waals surface area contributed by atoms with Crippen LogP contribution in [0.5, 0.6) is 5.75 Å². The molecule has 0 bridgehead atoms. The van der Waals surface area contributed by atoms with Crippen LogP contribution >= 0.6 is 0 Å². The van der Waals surface area contributed by atoms with Gasteiger partial charge >= 0.3 is 0 Å². The highest BCUT2D eigenvalue weighted by Gasteiger charge is 2.12. The molecule has 0 aliphatic rings. The van der Waals surface area contributed by atoms with Crippen molar-refractivity contribution in [3.8, 4) is 5.75 Å². The highest BCUT2D eigenvalue weighted by Crippen LogP contribution is 2.24. The van der Waals surface area contributed by atoms with E-state index in [-0.39, 0.29) is 11.3 Å². The second kappa shape index (κ2) is 8.48. The highest BCUT2D eigenvalue weighted by molar-refractivity contribution is 5.75. The maximum atomic E-state index is 11.8. The van der Waals surface area contributed by atoms with Crippen molar-refractivity contribution in [3.05, 3.63) is 59.9 Å². The van der Waals surface area contributed by atoms with Crippen LogP contribution in [0.1, 0.15) is 44.7 Å². The van der Waals surface area contributed by atoms with E-state index in [0.29, 0.717) is 26.0 Å². The van der Waals surface area contributed by atoms with Gasteiger partial charge in [-0.05, 0) is 41.2 Å². The van der Waals surface area contributed by atoms with Crippen LogP contribution in [0.4, 0.5) is 0 Å². The van der Waals surface area contributed by atoms with Gasteiger partial charge in [-0.1, -0.05) is 39.0 Å². The topological polar surface area (TPSA) is 51.2 Å². The number of aromatic nitrogens is 1. The van der Waals surface area contributed by atoms with Crippen LogP contribution in [-0.4, -0.2) is 17.5 Å². The predicted octanol–water partition coefficient (Wildman–Crippen LogP) is 3.85. The fourth-order valence-electron chi connectivity index (χ4n) is 2.27. The summed E-state index contributed by atoms with van der Waals surface area (Å²) in [4.78, 5) is 15.8. The Morgan fingerprint density at radius 1 is 1.17 bits per heavy atom. The molecule has 0 fully saturated rings. The zero-order chi connectivity index (χ0) is 17.4. The number of hydrogen-bond donors (Lipinski definition) is 1. The summed E-state index contributed by atoms with van der Waals surface area (Å²) in [7, 11) is 0. The van der Waals surface area contributed by atoms with Crippen molar-refractivity contribution < 1.29 is 9.53 Å². The maximum Gasteiger partial charge on any atom is 0.220 e. The Morgan fingerprint density at radius 3 is 2.54 bits per heavy atom. The van der Waals surface area contributed by atoms with E-state index in [9.17, 15) is 4.79 Å². The molecule has 4 nitrogen and oxygen atoms in total. The molecule has 2 rings (SSSR count). The van der Waals surface area contributed by atoms with Gasteiger partial charge in [0.05, 0.1) is 6.61 Å². The molecule has 0 radical (unpaired) electrons. The van der Waals surface area contributed by atoms with Gasteiger partial charge in [0.25, 0.3) is 0 Å². The summed E-state index contributed by atoms with van der Waals surface area (Å²) >= 11 is 0. The minimum Gasteiger partial charge on any atom is -0.494 e. The molecule has 128 valence electrons. The summed E-state index contributed by atoms with van der Waals surface area (Å²) < 4.78 is 5.70. The smallest absolute Gasteiger partial charge is 0.220 e. The molecule has 0 saturated carbocycles. The van der Waals surface area contributed by atoms with Gasteiger partial charge in [-0.15, -0.1) is 0 Å². The van der Waals surface area contributed by atoms with Crippen LogP contribution in [0.2, 0.25) is 0 Å². The van der Waals surface area contributed by atoms with Crippen LogP contribution in [-0.2, 0) is 16.8 Å². The van der Waals surface area contributed by atoms with Crippen molar-refractivity contribution in [1.29, 1.82) is 0 Å². The van der Waals surface area contributed by atoms with E-state index in [1.165, 1.54) is 5.56 Å². The maximum absolute atomic E-state index is 11.8. The number of pyridine rings is 1. The van der Waals surface area contributed by atoms with E-state index >= 15 is 0 Å². The number of benzene rings is 1. The molecular weight excluding hydrogens is 300 g/mol. The first-order valence-electron chi connectivity index (χ1n) is 8.34. The molecule has 1 heterocycles. The van der Waals surface area contributed by atoms with Gasteiger partial charge in [-0.2, -0.15) is 0 Å². The van der Waals surface area contributed by atoms with Crippen LogP contribution in [0.15, 0.2) is 48.8 Å². The Kier molecular flexibility index (Phi) is 6.36. The first kappa shape index (κ1) is 18.0. The summed E-state index contributed by atoms with van der Waals surface area (Å²) in [5.41, 5.74) is 2.43. The first-order valence-corrected chi connectivity index (χ1v) is 8.34. The zero-order valence-electron chi connectivity index (χ0n) is 14.7.